The van der Waals surface area contributed by atoms with Crippen molar-refractivity contribution in [3.63, 3.8) is 0 Å². The molecule has 0 aliphatic carbocycles. The molecule has 20 heavy (non-hydrogen) atoms. The normalized spacial score (nSPS) is 17.6. The molecule has 1 aliphatic heterocycles. The number of hydrogen-bond acceptors (Lipinski definition) is 4. The molecule has 5 heteroatoms. The third kappa shape index (κ3) is 3.77. The summed E-state index contributed by atoms with van der Waals surface area (Å²) in [6.45, 7) is 2.88. The summed E-state index contributed by atoms with van der Waals surface area (Å²) in [7, 11) is 1.66. The zero-order valence-electron chi connectivity index (χ0n) is 12.0. The molecule has 0 saturated carbocycles. The molecule has 1 fully saturated rings. The van der Waals surface area contributed by atoms with Gasteiger partial charge in [0.2, 0.25) is 5.91 Å². The van der Waals surface area contributed by atoms with Gasteiger partial charge in [-0.05, 0) is 44.0 Å². The van der Waals surface area contributed by atoms with E-state index < -0.39 is 0 Å². The molecule has 110 valence electrons. The molecule has 1 amide bonds. The summed E-state index contributed by atoms with van der Waals surface area (Å²) in [4.78, 5) is 16.5. The number of methoxy groups -OCH3 is 1. The van der Waals surface area contributed by atoms with Crippen LogP contribution in [-0.4, -0.2) is 44.2 Å². The summed E-state index contributed by atoms with van der Waals surface area (Å²) in [5.74, 6) is 0.116. The van der Waals surface area contributed by atoms with E-state index in [0.717, 1.165) is 37.9 Å². The smallest absolute Gasteiger partial charge is 0.228 e. The number of rotatable bonds is 6. The van der Waals surface area contributed by atoms with Crippen molar-refractivity contribution in [2.24, 2.45) is 5.41 Å². The van der Waals surface area contributed by atoms with Gasteiger partial charge in [-0.2, -0.15) is 0 Å². The van der Waals surface area contributed by atoms with Crippen LogP contribution in [0.1, 0.15) is 18.4 Å². The summed E-state index contributed by atoms with van der Waals surface area (Å²) in [6, 6.07) is 3.94. The summed E-state index contributed by atoms with van der Waals surface area (Å²) in [5.41, 5.74) is 0.772. The van der Waals surface area contributed by atoms with Gasteiger partial charge in [-0.1, -0.05) is 6.07 Å². The number of carbonyl (C=O) groups is 1. The van der Waals surface area contributed by atoms with Crippen molar-refractivity contribution < 1.29 is 9.53 Å². The minimum absolute atomic E-state index is 0.116. The number of aromatic nitrogens is 1. The van der Waals surface area contributed by atoms with Gasteiger partial charge in [-0.15, -0.1) is 0 Å². The van der Waals surface area contributed by atoms with Crippen LogP contribution in [0.25, 0.3) is 0 Å². The molecule has 1 aliphatic rings. The predicted molar refractivity (Wildman–Crippen MR) is 77.4 cm³/mol. The Bertz CT molecular complexity index is 411. The number of ether oxygens (including phenoxy) is 1. The molecule has 1 saturated heterocycles. The fourth-order valence-electron chi connectivity index (χ4n) is 2.67. The monoisotopic (exact) mass is 277 g/mol. The highest BCUT2D eigenvalue weighted by Crippen LogP contribution is 2.29. The van der Waals surface area contributed by atoms with Crippen LogP contribution in [0.3, 0.4) is 0 Å². The quantitative estimate of drug-likeness (QED) is 0.806. The Morgan fingerprint density at radius 1 is 1.50 bits per heavy atom. The highest BCUT2D eigenvalue weighted by molar-refractivity contribution is 5.83. The maximum absolute atomic E-state index is 12.5. The maximum atomic E-state index is 12.5. The second kappa shape index (κ2) is 7.36. The average molecular weight is 277 g/mol. The van der Waals surface area contributed by atoms with E-state index in [2.05, 4.69) is 15.6 Å². The zero-order chi connectivity index (χ0) is 14.3. The minimum atomic E-state index is -0.366. The third-order valence-electron chi connectivity index (χ3n) is 3.88. The number of nitrogens with zero attached hydrogens (tertiary/aromatic N) is 1. The van der Waals surface area contributed by atoms with Gasteiger partial charge in [0.25, 0.3) is 0 Å². The fraction of sp³-hybridized carbons (Fsp3) is 0.600. The van der Waals surface area contributed by atoms with Gasteiger partial charge in [0.1, 0.15) is 0 Å². The van der Waals surface area contributed by atoms with E-state index in [9.17, 15) is 4.79 Å². The predicted octanol–water partition coefficient (Wildman–Crippen LogP) is 0.756. The molecular weight excluding hydrogens is 254 g/mol. The molecule has 1 aromatic rings. The molecule has 0 spiro atoms. The van der Waals surface area contributed by atoms with Crippen molar-refractivity contribution in [3.05, 3.63) is 30.1 Å². The van der Waals surface area contributed by atoms with Gasteiger partial charge in [-0.25, -0.2) is 0 Å². The van der Waals surface area contributed by atoms with Crippen molar-refractivity contribution in [3.8, 4) is 0 Å². The first-order chi connectivity index (χ1) is 9.77. The van der Waals surface area contributed by atoms with Gasteiger partial charge in [0.15, 0.2) is 0 Å². The molecule has 2 N–H and O–H groups in total. The van der Waals surface area contributed by atoms with E-state index in [-0.39, 0.29) is 11.3 Å². The summed E-state index contributed by atoms with van der Waals surface area (Å²) >= 11 is 0. The lowest BCUT2D eigenvalue weighted by molar-refractivity contribution is -0.136. The van der Waals surface area contributed by atoms with Gasteiger partial charge in [0.05, 0.1) is 12.0 Å². The van der Waals surface area contributed by atoms with Crippen LogP contribution in [-0.2, 0) is 16.0 Å². The summed E-state index contributed by atoms with van der Waals surface area (Å²) < 4.78 is 5.27. The molecule has 0 unspecified atom stereocenters. The van der Waals surface area contributed by atoms with Crippen molar-refractivity contribution in [2.75, 3.05) is 33.4 Å². The number of hydrogen-bond donors (Lipinski definition) is 2. The van der Waals surface area contributed by atoms with Gasteiger partial charge in [-0.3, -0.25) is 9.78 Å². The van der Waals surface area contributed by atoms with Gasteiger partial charge in [0, 0.05) is 26.0 Å². The third-order valence-corrected chi connectivity index (χ3v) is 3.88. The lowest BCUT2D eigenvalue weighted by atomic mass is 9.78. The molecule has 2 heterocycles. The Balaban J connectivity index is 1.85. The average Bonchev–Trinajstić information content (AvgIpc) is 2.49. The van der Waals surface area contributed by atoms with Crippen molar-refractivity contribution in [1.29, 1.82) is 0 Å². The molecule has 0 bridgehead atoms. The van der Waals surface area contributed by atoms with Gasteiger partial charge >= 0.3 is 0 Å². The number of piperidine rings is 1. The van der Waals surface area contributed by atoms with E-state index in [1.807, 2.05) is 18.3 Å². The Morgan fingerprint density at radius 3 is 2.95 bits per heavy atom. The molecule has 0 aromatic carbocycles. The van der Waals surface area contributed by atoms with Crippen LogP contribution in [0.2, 0.25) is 0 Å². The van der Waals surface area contributed by atoms with Crippen molar-refractivity contribution >= 4 is 5.91 Å². The van der Waals surface area contributed by atoms with Crippen molar-refractivity contribution in [1.82, 2.24) is 15.6 Å². The number of pyridine rings is 1. The lowest BCUT2D eigenvalue weighted by Crippen LogP contribution is -2.50. The number of nitrogens with one attached hydrogen (secondary N) is 2. The van der Waals surface area contributed by atoms with Gasteiger partial charge < -0.3 is 15.4 Å². The van der Waals surface area contributed by atoms with E-state index in [1.165, 1.54) is 0 Å². The van der Waals surface area contributed by atoms with Crippen LogP contribution in [0, 0.1) is 5.41 Å². The van der Waals surface area contributed by atoms with Crippen LogP contribution in [0.15, 0.2) is 24.5 Å². The molecule has 5 nitrogen and oxygen atoms in total. The van der Waals surface area contributed by atoms with Crippen LogP contribution >= 0.6 is 0 Å². The standard InChI is InChI=1S/C15H23N3O2/c1-20-12-15(5-9-16-10-6-15)14(19)18-8-4-13-3-2-7-17-11-13/h2-3,7,11,16H,4-6,8-10,12H2,1H3,(H,18,19). The Labute approximate surface area is 120 Å². The largest absolute Gasteiger partial charge is 0.384 e. The van der Waals surface area contributed by atoms with E-state index >= 15 is 0 Å². The van der Waals surface area contributed by atoms with Crippen LogP contribution in [0.5, 0.6) is 0 Å². The SMILES string of the molecule is COCC1(C(=O)NCCc2cccnc2)CCNCC1. The van der Waals surface area contributed by atoms with Crippen LogP contribution in [0.4, 0.5) is 0 Å². The Kier molecular flexibility index (Phi) is 5.49. The molecule has 0 atom stereocenters. The summed E-state index contributed by atoms with van der Waals surface area (Å²) in [5, 5.41) is 6.34. The molecule has 1 aromatic heterocycles. The van der Waals surface area contributed by atoms with E-state index in [0.29, 0.717) is 13.2 Å². The van der Waals surface area contributed by atoms with Crippen molar-refractivity contribution in [2.45, 2.75) is 19.3 Å². The fourth-order valence-corrected chi connectivity index (χ4v) is 2.67. The molecule has 2 rings (SSSR count). The van der Waals surface area contributed by atoms with Crippen LogP contribution < -0.4 is 10.6 Å². The topological polar surface area (TPSA) is 63.2 Å². The zero-order valence-corrected chi connectivity index (χ0v) is 12.0. The first-order valence-corrected chi connectivity index (χ1v) is 7.14. The van der Waals surface area contributed by atoms with E-state index in [4.69, 9.17) is 4.74 Å². The first-order valence-electron chi connectivity index (χ1n) is 7.14. The summed E-state index contributed by atoms with van der Waals surface area (Å²) in [6.07, 6.45) is 6.06. The highest BCUT2D eigenvalue weighted by Gasteiger charge is 2.39. The Hall–Kier alpha value is -1.46. The minimum Gasteiger partial charge on any atom is -0.384 e. The number of carbonyl (C=O) groups excluding carboxylic acids is 1. The second-order valence-electron chi connectivity index (χ2n) is 5.33. The maximum Gasteiger partial charge on any atom is 0.228 e. The van der Waals surface area contributed by atoms with E-state index in [1.54, 1.807) is 13.3 Å². The number of amides is 1. The Morgan fingerprint density at radius 2 is 2.30 bits per heavy atom. The molecule has 0 radical (unpaired) electrons. The highest BCUT2D eigenvalue weighted by atomic mass is 16.5. The first kappa shape index (κ1) is 14.9. The lowest BCUT2D eigenvalue weighted by Gasteiger charge is -2.35. The second-order valence-corrected chi connectivity index (χ2v) is 5.33. The molecular formula is C15H23N3O2.